The van der Waals surface area contributed by atoms with Gasteiger partial charge in [-0.15, -0.1) is 0 Å². The Hall–Kier alpha value is -1.82. The lowest BCUT2D eigenvalue weighted by Gasteiger charge is -2.30. The van der Waals surface area contributed by atoms with Crippen molar-refractivity contribution in [1.82, 2.24) is 20.0 Å². The van der Waals surface area contributed by atoms with Crippen LogP contribution in [0.5, 0.6) is 0 Å². The molecule has 204 valence electrons. The lowest BCUT2D eigenvalue weighted by atomic mass is 10.2. The van der Waals surface area contributed by atoms with Gasteiger partial charge in [-0.25, -0.2) is 9.97 Å². The fourth-order valence-electron chi connectivity index (χ4n) is 2.80. The number of amides is 1. The van der Waals surface area contributed by atoms with Crippen molar-refractivity contribution in [3.05, 3.63) is 45.7 Å². The molecule has 0 atom stereocenters. The average Bonchev–Trinajstić information content (AvgIpc) is 2.83. The molecule has 36 heavy (non-hydrogen) atoms. The van der Waals surface area contributed by atoms with E-state index < -0.39 is 5.91 Å². The summed E-state index contributed by atoms with van der Waals surface area (Å²) in [5.41, 5.74) is 12.5. The molecule has 2 aromatic rings. The van der Waals surface area contributed by atoms with Gasteiger partial charge in [-0.2, -0.15) is 0 Å². The van der Waals surface area contributed by atoms with Crippen molar-refractivity contribution in [2.45, 2.75) is 32.4 Å². The fourth-order valence-corrected chi connectivity index (χ4v) is 3.80. The first-order chi connectivity index (χ1) is 17.1. The molecule has 0 radical (unpaired) electrons. The first kappa shape index (κ1) is 34.2. The molecular weight excluding hydrogens is 521 g/mol. The molecule has 0 aliphatic heterocycles. The zero-order valence-corrected chi connectivity index (χ0v) is 24.6. The van der Waals surface area contributed by atoms with Gasteiger partial charge in [-0.1, -0.05) is 61.1 Å². The number of rotatable bonds is 12. The maximum atomic E-state index is 12.3. The van der Waals surface area contributed by atoms with Crippen LogP contribution in [-0.2, 0) is 10.5 Å². The standard InChI is InChI=1S/C20H29Cl2N7OS.C2H6O.C2H6/c1-29(2,11-4-3-9-26-31-13-14-5-7-15(21)8-6-14)12-10-25-20(30)16-18(23)28-19(24)17(22)27-16;1-3-2;1-2/h5-8,26H,3-4,9-13H2,1-2H3,(H4-,23,24,25,28,30);1-2H3;1-2H3/p+1. The minimum atomic E-state index is -0.409. The summed E-state index contributed by atoms with van der Waals surface area (Å²) >= 11 is 13.4. The number of nitrogens with zero attached hydrogens (tertiary/aromatic N) is 3. The number of methoxy groups -OCH3 is 1. The molecule has 0 spiro atoms. The second-order valence-corrected chi connectivity index (χ2v) is 9.86. The highest BCUT2D eigenvalue weighted by Gasteiger charge is 2.18. The number of likely N-dealkylation sites (N-methyl/N-ethyl adjacent to an activating group) is 1. The van der Waals surface area contributed by atoms with Crippen molar-refractivity contribution in [3.8, 4) is 0 Å². The van der Waals surface area contributed by atoms with E-state index in [4.69, 9.17) is 34.7 Å². The van der Waals surface area contributed by atoms with E-state index in [1.165, 1.54) is 5.56 Å². The van der Waals surface area contributed by atoms with Gasteiger partial charge in [0, 0.05) is 31.5 Å². The van der Waals surface area contributed by atoms with Crippen molar-refractivity contribution in [1.29, 1.82) is 0 Å². The zero-order chi connectivity index (χ0) is 27.6. The average molecular weight is 564 g/mol. The van der Waals surface area contributed by atoms with Gasteiger partial charge in [0.15, 0.2) is 22.5 Å². The van der Waals surface area contributed by atoms with Crippen molar-refractivity contribution >= 4 is 52.7 Å². The lowest BCUT2D eigenvalue weighted by molar-refractivity contribution is -0.889. The molecule has 0 saturated carbocycles. The maximum Gasteiger partial charge on any atom is 0.273 e. The van der Waals surface area contributed by atoms with Gasteiger partial charge < -0.3 is 26.0 Å². The predicted octanol–water partition coefficient (Wildman–Crippen LogP) is 4.26. The number of benzene rings is 1. The Morgan fingerprint density at radius 2 is 1.61 bits per heavy atom. The van der Waals surface area contributed by atoms with E-state index >= 15 is 0 Å². The smallest absolute Gasteiger partial charge is 0.273 e. The molecule has 2 rings (SSSR count). The Balaban J connectivity index is 0.00000227. The lowest BCUT2D eigenvalue weighted by Crippen LogP contribution is -2.46. The maximum absolute atomic E-state index is 12.3. The van der Waals surface area contributed by atoms with Crippen LogP contribution < -0.4 is 21.5 Å². The Bertz CT molecular complexity index is 888. The van der Waals surface area contributed by atoms with E-state index in [1.807, 2.05) is 38.1 Å². The molecule has 0 aliphatic rings. The highest BCUT2D eigenvalue weighted by molar-refractivity contribution is 7.96. The number of nitrogen functional groups attached to an aromatic ring is 2. The Morgan fingerprint density at radius 1 is 1.00 bits per heavy atom. The second-order valence-electron chi connectivity index (χ2n) is 8.20. The van der Waals surface area contributed by atoms with Crippen LogP contribution in [0, 0.1) is 0 Å². The molecule has 0 unspecified atom stereocenters. The summed E-state index contributed by atoms with van der Waals surface area (Å²) in [6.07, 6.45) is 2.17. The van der Waals surface area contributed by atoms with Gasteiger partial charge in [0.25, 0.3) is 5.91 Å². The molecule has 0 aliphatic carbocycles. The van der Waals surface area contributed by atoms with Gasteiger partial charge >= 0.3 is 0 Å². The van der Waals surface area contributed by atoms with E-state index in [9.17, 15) is 4.79 Å². The van der Waals surface area contributed by atoms with Crippen LogP contribution in [0.15, 0.2) is 24.3 Å². The summed E-state index contributed by atoms with van der Waals surface area (Å²) in [4.78, 5) is 20.0. The van der Waals surface area contributed by atoms with Gasteiger partial charge in [-0.3, -0.25) is 9.52 Å². The van der Waals surface area contributed by atoms with E-state index in [1.54, 1.807) is 26.2 Å². The quantitative estimate of drug-likeness (QED) is 0.171. The molecule has 6 N–H and O–H groups in total. The van der Waals surface area contributed by atoms with Crippen LogP contribution >= 0.6 is 35.1 Å². The predicted molar refractivity (Wildman–Crippen MR) is 154 cm³/mol. The highest BCUT2D eigenvalue weighted by Crippen LogP contribution is 2.17. The zero-order valence-electron chi connectivity index (χ0n) is 22.2. The number of nitrogens with one attached hydrogen (secondary N) is 2. The monoisotopic (exact) mass is 562 g/mol. The molecule has 12 heteroatoms. The van der Waals surface area contributed by atoms with Crippen molar-refractivity contribution in [2.24, 2.45) is 0 Å². The number of anilines is 2. The minimum Gasteiger partial charge on any atom is -0.388 e. The van der Waals surface area contributed by atoms with Crippen LogP contribution in [0.2, 0.25) is 10.2 Å². The summed E-state index contributed by atoms with van der Waals surface area (Å²) in [6.45, 7) is 7.23. The third kappa shape index (κ3) is 14.7. The number of hydrogen-bond acceptors (Lipinski definition) is 8. The normalized spacial score (nSPS) is 10.6. The summed E-state index contributed by atoms with van der Waals surface area (Å²) < 4.78 is 8.44. The number of quaternary nitrogens is 1. The number of nitrogens with two attached hydrogens (primary N) is 2. The molecule has 1 aromatic heterocycles. The number of carbonyl (C=O) groups is 1. The summed E-state index contributed by atoms with van der Waals surface area (Å²) in [7, 11) is 7.53. The molecule has 0 fully saturated rings. The van der Waals surface area contributed by atoms with E-state index in [-0.39, 0.29) is 22.5 Å². The van der Waals surface area contributed by atoms with Gasteiger partial charge in [0.1, 0.15) is 0 Å². The van der Waals surface area contributed by atoms with Crippen LogP contribution in [0.4, 0.5) is 11.6 Å². The Morgan fingerprint density at radius 3 is 2.22 bits per heavy atom. The van der Waals surface area contributed by atoms with Gasteiger partial charge in [-0.05, 0) is 30.5 Å². The number of aromatic nitrogens is 2. The molecule has 0 bridgehead atoms. The van der Waals surface area contributed by atoms with Gasteiger partial charge in [0.2, 0.25) is 0 Å². The Kier molecular flexibility index (Phi) is 18.3. The molecule has 9 nitrogen and oxygen atoms in total. The largest absolute Gasteiger partial charge is 0.388 e. The number of hydrogen-bond donors (Lipinski definition) is 4. The van der Waals surface area contributed by atoms with E-state index in [2.05, 4.69) is 38.8 Å². The molecule has 1 heterocycles. The second kappa shape index (κ2) is 19.3. The molecular formula is C24H42Cl2N7O2S+. The number of halogens is 2. The van der Waals surface area contributed by atoms with Crippen LogP contribution in [0.25, 0.3) is 0 Å². The molecule has 1 aromatic carbocycles. The van der Waals surface area contributed by atoms with E-state index in [0.29, 0.717) is 6.54 Å². The third-order valence-electron chi connectivity index (χ3n) is 4.67. The van der Waals surface area contributed by atoms with Crippen molar-refractivity contribution in [2.75, 3.05) is 66.0 Å². The number of ether oxygens (including phenoxy) is 1. The van der Waals surface area contributed by atoms with Crippen molar-refractivity contribution < 1.29 is 14.0 Å². The van der Waals surface area contributed by atoms with Crippen LogP contribution in [-0.4, -0.2) is 74.9 Å². The Labute approximate surface area is 230 Å². The summed E-state index contributed by atoms with van der Waals surface area (Å²) in [5.74, 6) is 0.474. The van der Waals surface area contributed by atoms with Crippen LogP contribution in [0.1, 0.15) is 42.7 Å². The third-order valence-corrected chi connectivity index (χ3v) is 6.09. The number of unbranched alkanes of at least 4 members (excludes halogenated alkanes) is 1. The first-order valence-corrected chi connectivity index (χ1v) is 13.5. The molecule has 0 saturated heterocycles. The topological polar surface area (TPSA) is 128 Å². The number of carbonyl (C=O) groups excluding carboxylic acids is 1. The fraction of sp³-hybridized carbons (Fsp3) is 0.542. The van der Waals surface area contributed by atoms with Crippen molar-refractivity contribution in [3.63, 3.8) is 0 Å². The highest BCUT2D eigenvalue weighted by atomic mass is 35.5. The minimum absolute atomic E-state index is 0.00591. The SMILES string of the molecule is CC.COC.C[N+](C)(CCCCNSCc1ccc(Cl)cc1)CCNC(=O)c1nc(Cl)c(N)nc1N. The molecule has 1 amide bonds. The summed E-state index contributed by atoms with van der Waals surface area (Å²) in [6, 6.07) is 7.90. The van der Waals surface area contributed by atoms with Crippen LogP contribution in [0.3, 0.4) is 0 Å². The summed E-state index contributed by atoms with van der Waals surface area (Å²) in [5, 5.41) is 3.55. The first-order valence-electron chi connectivity index (χ1n) is 11.8. The van der Waals surface area contributed by atoms with Gasteiger partial charge in [0.05, 0.1) is 33.7 Å². The van der Waals surface area contributed by atoms with E-state index in [0.717, 1.165) is 47.7 Å².